The molecule has 0 aliphatic heterocycles. The maximum atomic E-state index is 12.1. The van der Waals surface area contributed by atoms with Gasteiger partial charge >= 0.3 is 6.09 Å². The minimum absolute atomic E-state index is 0.157. The quantitative estimate of drug-likeness (QED) is 0.698. The van der Waals surface area contributed by atoms with Crippen LogP contribution in [0.3, 0.4) is 0 Å². The van der Waals surface area contributed by atoms with Crippen molar-refractivity contribution >= 4 is 23.8 Å². The Kier molecular flexibility index (Phi) is 6.09. The Morgan fingerprint density at radius 3 is 2.29 bits per heavy atom. The van der Waals surface area contributed by atoms with E-state index in [9.17, 15) is 9.59 Å². The Labute approximate surface area is 133 Å². The zero-order valence-electron chi connectivity index (χ0n) is 14.0. The third-order valence-corrected chi connectivity index (χ3v) is 4.49. The van der Waals surface area contributed by atoms with Crippen molar-refractivity contribution in [3.05, 3.63) is 0 Å². The molecular formula is C16H28ClNO3. The van der Waals surface area contributed by atoms with E-state index in [0.29, 0.717) is 22.2 Å². The van der Waals surface area contributed by atoms with Crippen LogP contribution in [0.1, 0.15) is 60.8 Å². The van der Waals surface area contributed by atoms with Crippen LogP contribution in [-0.2, 0) is 9.53 Å². The van der Waals surface area contributed by atoms with E-state index < -0.39 is 17.4 Å². The predicted octanol–water partition coefficient (Wildman–Crippen LogP) is 4.61. The second kappa shape index (κ2) is 6.99. The molecule has 1 fully saturated rings. The highest BCUT2D eigenvalue weighted by Crippen LogP contribution is 2.35. The van der Waals surface area contributed by atoms with E-state index in [4.69, 9.17) is 16.5 Å². The molecule has 3 atom stereocenters. The SMILES string of the molecule is CC(C)[C@@H]1CC[C@@H](C)C[C@H]1OC(=O)N(Cl)C(=O)C(C)(C)C. The van der Waals surface area contributed by atoms with E-state index in [-0.39, 0.29) is 6.10 Å². The smallest absolute Gasteiger partial charge is 0.432 e. The molecule has 0 aromatic carbocycles. The fourth-order valence-corrected chi connectivity index (χ4v) is 3.10. The van der Waals surface area contributed by atoms with E-state index in [2.05, 4.69) is 20.8 Å². The minimum Gasteiger partial charge on any atom is -0.445 e. The molecule has 1 aliphatic carbocycles. The van der Waals surface area contributed by atoms with E-state index in [1.807, 2.05) is 0 Å². The topological polar surface area (TPSA) is 46.6 Å². The summed E-state index contributed by atoms with van der Waals surface area (Å²) in [5, 5.41) is 0. The van der Waals surface area contributed by atoms with E-state index >= 15 is 0 Å². The number of carbonyl (C=O) groups excluding carboxylic acids is 2. The summed E-state index contributed by atoms with van der Waals surface area (Å²) in [6.45, 7) is 11.6. The molecule has 1 rings (SSSR count). The van der Waals surface area contributed by atoms with Crippen molar-refractivity contribution in [3.63, 3.8) is 0 Å². The predicted molar refractivity (Wildman–Crippen MR) is 83.8 cm³/mol. The number of ether oxygens (including phenoxy) is 1. The van der Waals surface area contributed by atoms with E-state index in [0.717, 1.165) is 19.3 Å². The fraction of sp³-hybridized carbons (Fsp3) is 0.875. The fourth-order valence-electron chi connectivity index (χ4n) is 2.80. The summed E-state index contributed by atoms with van der Waals surface area (Å²) in [7, 11) is 0. The third kappa shape index (κ3) is 4.87. The highest BCUT2D eigenvalue weighted by molar-refractivity contribution is 6.29. The van der Waals surface area contributed by atoms with Crippen molar-refractivity contribution in [1.82, 2.24) is 4.42 Å². The van der Waals surface area contributed by atoms with Crippen molar-refractivity contribution in [3.8, 4) is 0 Å². The van der Waals surface area contributed by atoms with Crippen LogP contribution in [0.2, 0.25) is 0 Å². The Bertz CT molecular complexity index is 389. The summed E-state index contributed by atoms with van der Waals surface area (Å²) < 4.78 is 6.14. The van der Waals surface area contributed by atoms with Crippen molar-refractivity contribution < 1.29 is 14.3 Å². The lowest BCUT2D eigenvalue weighted by Crippen LogP contribution is -2.42. The second-order valence-corrected chi connectivity index (χ2v) is 7.92. The van der Waals surface area contributed by atoms with Gasteiger partial charge in [0.05, 0.1) is 0 Å². The average Bonchev–Trinajstić information content (AvgIpc) is 2.35. The molecule has 0 heterocycles. The Balaban J connectivity index is 2.73. The first kappa shape index (κ1) is 18.3. The number of halogens is 1. The maximum Gasteiger partial charge on any atom is 0.432 e. The molecule has 0 radical (unpaired) electrons. The third-order valence-electron chi connectivity index (χ3n) is 4.19. The summed E-state index contributed by atoms with van der Waals surface area (Å²) in [6, 6.07) is 0. The van der Waals surface area contributed by atoms with E-state index in [1.54, 1.807) is 20.8 Å². The number of amides is 2. The van der Waals surface area contributed by atoms with Crippen LogP contribution in [0.4, 0.5) is 4.79 Å². The molecule has 0 saturated heterocycles. The van der Waals surface area contributed by atoms with Gasteiger partial charge in [-0.3, -0.25) is 4.79 Å². The van der Waals surface area contributed by atoms with Crippen LogP contribution in [0.25, 0.3) is 0 Å². The zero-order chi connectivity index (χ0) is 16.4. The molecule has 2 amide bonds. The average molecular weight is 318 g/mol. The Morgan fingerprint density at radius 1 is 1.24 bits per heavy atom. The van der Waals surface area contributed by atoms with Crippen molar-refractivity contribution in [2.24, 2.45) is 23.2 Å². The summed E-state index contributed by atoms with van der Waals surface area (Å²) in [4.78, 5) is 24.1. The van der Waals surface area contributed by atoms with Crippen LogP contribution in [0.15, 0.2) is 0 Å². The van der Waals surface area contributed by atoms with Gasteiger partial charge in [-0.05, 0) is 30.6 Å². The molecule has 1 saturated carbocycles. The molecule has 4 nitrogen and oxygen atoms in total. The lowest BCUT2D eigenvalue weighted by Gasteiger charge is -2.37. The Morgan fingerprint density at radius 2 is 1.81 bits per heavy atom. The van der Waals surface area contributed by atoms with Gasteiger partial charge in [-0.1, -0.05) is 48.0 Å². The molecular weight excluding hydrogens is 290 g/mol. The summed E-state index contributed by atoms with van der Waals surface area (Å²) in [6.07, 6.45) is 2.13. The van der Waals surface area contributed by atoms with Gasteiger partial charge in [0, 0.05) is 17.2 Å². The number of hydrogen-bond donors (Lipinski definition) is 0. The van der Waals surface area contributed by atoms with Crippen LogP contribution >= 0.6 is 11.8 Å². The van der Waals surface area contributed by atoms with Gasteiger partial charge in [-0.25, -0.2) is 4.79 Å². The van der Waals surface area contributed by atoms with Crippen LogP contribution < -0.4 is 0 Å². The lowest BCUT2D eigenvalue weighted by atomic mass is 9.75. The van der Waals surface area contributed by atoms with Gasteiger partial charge in [0.25, 0.3) is 5.91 Å². The van der Waals surface area contributed by atoms with Crippen molar-refractivity contribution in [1.29, 1.82) is 0 Å². The van der Waals surface area contributed by atoms with Crippen molar-refractivity contribution in [2.45, 2.75) is 66.9 Å². The molecule has 0 aromatic heterocycles. The maximum absolute atomic E-state index is 12.1. The zero-order valence-corrected chi connectivity index (χ0v) is 14.7. The molecule has 122 valence electrons. The van der Waals surface area contributed by atoms with Gasteiger partial charge < -0.3 is 4.74 Å². The molecule has 0 unspecified atom stereocenters. The minimum atomic E-state index is -0.749. The summed E-state index contributed by atoms with van der Waals surface area (Å²) in [5.41, 5.74) is -0.710. The first-order valence-electron chi connectivity index (χ1n) is 7.75. The standard InChI is InChI=1S/C16H28ClNO3/c1-10(2)12-8-7-11(3)9-13(12)21-15(20)18(17)14(19)16(4,5)6/h10-13H,7-9H2,1-6H3/t11-,12+,13-/m1/s1. The molecule has 0 spiro atoms. The first-order valence-corrected chi connectivity index (χ1v) is 8.08. The number of carbonyl (C=O) groups is 2. The van der Waals surface area contributed by atoms with Gasteiger partial charge in [0.15, 0.2) is 0 Å². The van der Waals surface area contributed by atoms with Crippen LogP contribution in [0, 0.1) is 23.2 Å². The number of hydrogen-bond acceptors (Lipinski definition) is 3. The summed E-state index contributed by atoms with van der Waals surface area (Å²) >= 11 is 5.86. The second-order valence-electron chi connectivity index (χ2n) is 7.58. The molecule has 21 heavy (non-hydrogen) atoms. The number of imide groups is 1. The van der Waals surface area contributed by atoms with Gasteiger partial charge in [0.1, 0.15) is 6.10 Å². The van der Waals surface area contributed by atoms with Crippen LogP contribution in [-0.4, -0.2) is 22.5 Å². The largest absolute Gasteiger partial charge is 0.445 e. The molecule has 1 aliphatic rings. The lowest BCUT2D eigenvalue weighted by molar-refractivity contribution is -0.133. The molecule has 5 heteroatoms. The Hall–Kier alpha value is -0.770. The first-order chi connectivity index (χ1) is 9.54. The van der Waals surface area contributed by atoms with E-state index in [1.165, 1.54) is 0 Å². The van der Waals surface area contributed by atoms with Gasteiger partial charge in [0.2, 0.25) is 0 Å². The normalized spacial score (nSPS) is 26.6. The number of rotatable bonds is 2. The van der Waals surface area contributed by atoms with Gasteiger partial charge in [-0.2, -0.15) is 4.42 Å². The highest BCUT2D eigenvalue weighted by atomic mass is 35.5. The van der Waals surface area contributed by atoms with Gasteiger partial charge in [-0.15, -0.1) is 0 Å². The highest BCUT2D eigenvalue weighted by Gasteiger charge is 2.37. The van der Waals surface area contributed by atoms with Crippen molar-refractivity contribution in [2.75, 3.05) is 0 Å². The molecule has 0 aromatic rings. The van der Waals surface area contributed by atoms with Crippen LogP contribution in [0.5, 0.6) is 0 Å². The molecule has 0 N–H and O–H groups in total. The molecule has 0 bridgehead atoms. The number of nitrogens with zero attached hydrogens (tertiary/aromatic N) is 1. The summed E-state index contributed by atoms with van der Waals surface area (Å²) in [5.74, 6) is 0.858. The monoisotopic (exact) mass is 317 g/mol.